The average molecular weight is 1720 g/mol. The number of carbonyl (C=O) groups is 15. The van der Waals surface area contributed by atoms with E-state index in [1.807, 2.05) is 0 Å². The number of hydrogen-bond donors (Lipinski definition) is 25. The van der Waals surface area contributed by atoms with Crippen molar-refractivity contribution in [1.29, 1.82) is 0 Å². The number of benzene rings is 3. The van der Waals surface area contributed by atoms with Crippen LogP contribution in [0.4, 0.5) is 0 Å². The van der Waals surface area contributed by atoms with Crippen molar-refractivity contribution < 1.29 is 97.5 Å². The highest BCUT2D eigenvalue weighted by Gasteiger charge is 2.38. The van der Waals surface area contributed by atoms with Crippen LogP contribution in [0.3, 0.4) is 0 Å². The molecule has 5 unspecified atom stereocenters. The Hall–Kier alpha value is -10.8. The number of nitrogens with zero attached hydrogens (tertiary/aromatic N) is 1. The second kappa shape index (κ2) is 55.1. The minimum absolute atomic E-state index is 0.0373. The first-order valence-corrected chi connectivity index (χ1v) is 42.0. The first-order chi connectivity index (χ1) is 57.2. The Bertz CT molecular complexity index is 3860. The molecule has 0 aliphatic carbocycles. The summed E-state index contributed by atoms with van der Waals surface area (Å²) < 4.78 is 0. The molecule has 0 radical (unpaired) electrons. The Morgan fingerprint density at radius 2 is 0.942 bits per heavy atom. The maximum Gasteiger partial charge on any atom is 0.327 e. The van der Waals surface area contributed by atoms with Gasteiger partial charge in [-0.25, -0.2) is 4.79 Å². The number of rotatable bonds is 34. The number of aromatic hydroxyl groups is 1. The summed E-state index contributed by atoms with van der Waals surface area (Å²) in [5, 5.41) is 87.9. The molecule has 41 nitrogen and oxygen atoms in total. The van der Waals surface area contributed by atoms with Gasteiger partial charge < -0.3 is 134 Å². The third-order valence-corrected chi connectivity index (χ3v) is 21.0. The zero-order valence-corrected chi connectivity index (χ0v) is 69.1. The predicted molar refractivity (Wildman–Crippen MR) is 446 cm³/mol. The van der Waals surface area contributed by atoms with Crippen LogP contribution < -0.4 is 109 Å². The molecule has 14 atom stereocenters. The molecule has 4 rings (SSSR count). The molecule has 43 heteroatoms. The van der Waals surface area contributed by atoms with Crippen molar-refractivity contribution in [3.63, 3.8) is 0 Å². The van der Waals surface area contributed by atoms with E-state index in [2.05, 4.69) is 79.4 Å². The van der Waals surface area contributed by atoms with Crippen molar-refractivity contribution in [3.05, 3.63) is 102 Å². The highest BCUT2D eigenvalue weighted by molar-refractivity contribution is 8.76. The number of hydrogen-bond acceptors (Lipinski definition) is 26. The van der Waals surface area contributed by atoms with Gasteiger partial charge in [0.25, 0.3) is 0 Å². The summed E-state index contributed by atoms with van der Waals surface area (Å²) in [6.07, 6.45) is -0.595. The number of aliphatic hydroxyl groups excluding tert-OH is 3. The van der Waals surface area contributed by atoms with E-state index < -0.39 is 211 Å². The Labute approximate surface area is 703 Å². The molecule has 1 aliphatic heterocycles. The van der Waals surface area contributed by atoms with Crippen molar-refractivity contribution >= 4 is 116 Å². The molecule has 664 valence electrons. The normalized spacial score (nSPS) is 22.6. The van der Waals surface area contributed by atoms with Gasteiger partial charge in [0.1, 0.15) is 78.3 Å². The lowest BCUT2D eigenvalue weighted by atomic mass is 10.00. The zero-order chi connectivity index (χ0) is 88.8. The summed E-state index contributed by atoms with van der Waals surface area (Å²) in [4.78, 5) is 217. The maximum atomic E-state index is 14.8. The molecular weight excluding hydrogens is 1600 g/mol. The number of carbonyl (C=O) groups excluding carboxylic acids is 14. The number of phenols is 1. The summed E-state index contributed by atoms with van der Waals surface area (Å²) in [7, 11) is 1.47. The van der Waals surface area contributed by atoms with Crippen molar-refractivity contribution in [2.24, 2.45) is 45.3 Å². The Morgan fingerprint density at radius 1 is 0.508 bits per heavy atom. The SMILES string of the molecule is CC(C)CC1NC(=O)[C@H](Cc2ccccc2)NC(=O)C(CCCCN)NC(=O)[C@H]([C@@H](C)O)NC(=O)CNC(=O)[C@@H](NC(=O)CNC(=O)[C@H](CCCN=C(N)N)NC(=O)[C@@H](N)CCCCN)CSSC[C@@H](C(=O)O)NC(=O)C(CO)NC(=O)[C@H](Cc2ccccc2)NC(=O)C(CCCCN)NC(=O)[C@H](Cc2ccc(O)cc2)NC(=O)C(CO)NC1=O. The van der Waals surface area contributed by atoms with E-state index in [0.717, 1.165) is 28.5 Å². The van der Waals surface area contributed by atoms with Gasteiger partial charge in [0.2, 0.25) is 82.7 Å². The number of carboxylic acid groups (broad SMARTS) is 1. The third-order valence-electron chi connectivity index (χ3n) is 18.6. The molecule has 0 aromatic heterocycles. The van der Waals surface area contributed by atoms with E-state index in [-0.39, 0.29) is 108 Å². The monoisotopic (exact) mass is 1720 g/mol. The molecule has 120 heavy (non-hydrogen) atoms. The van der Waals surface area contributed by atoms with Gasteiger partial charge in [0, 0.05) is 37.3 Å². The highest BCUT2D eigenvalue weighted by atomic mass is 33.1. The number of carboxylic acids is 1. The van der Waals surface area contributed by atoms with Gasteiger partial charge in [-0.05, 0) is 132 Å². The molecular formula is C77H119N21O20S2. The largest absolute Gasteiger partial charge is 0.508 e. The third kappa shape index (κ3) is 38.1. The second-order valence-corrected chi connectivity index (χ2v) is 31.6. The van der Waals surface area contributed by atoms with Crippen molar-refractivity contribution in [1.82, 2.24) is 74.4 Å². The second-order valence-electron chi connectivity index (χ2n) is 29.0. The molecule has 1 aliphatic rings. The number of aliphatic imine (C=N–C) groups is 1. The number of nitrogens with one attached hydrogen (secondary N) is 14. The fourth-order valence-corrected chi connectivity index (χ4v) is 14.3. The standard InChI is InChI=1S/C77H119N21O20S2/c1-43(2)33-53-69(110)95-57(39-99)73(114)94-56(36-47-25-27-48(102)28-26-47)70(111)89-51(22-11-14-30-79)67(108)93-55(35-46-19-8-5-9-20-46)72(113)96-58(40-100)74(115)97-60(76(117)118)42-120-119-41-59(87-61(103)37-85-65(106)50(24-16-32-84-77(82)83)88-64(105)49(81)21-10-13-29-78)66(107)86-38-62(104)98-63(44(3)101)75(116)90-52(23-12-15-31-80)68(109)92-54(71(112)91-53)34-45-17-6-4-7-18-45/h4-9,17-20,25-28,43-44,49-60,63,99-102H,10-16,21-24,29-42,78-81H2,1-3H3,(H,85,106)(H,86,107)(H,87,103)(H,88,105)(H,89,111)(H,90,116)(H,91,112)(H,92,109)(H,93,108)(H,94,114)(H,95,110)(H,96,113)(H,97,115)(H,98,104)(H,117,118)(H4,82,83,84)/t44-,49+,50+,51?,52?,53?,54+,55+,56+,57?,58?,59+,60+,63+/m1/s1. The fraction of sp³-hybridized carbons (Fsp3) is 0.558. The van der Waals surface area contributed by atoms with Gasteiger partial charge in [-0.1, -0.05) is 115 Å². The van der Waals surface area contributed by atoms with Crippen LogP contribution in [0, 0.1) is 5.92 Å². The van der Waals surface area contributed by atoms with Crippen molar-refractivity contribution in [3.8, 4) is 5.75 Å². The number of aliphatic hydroxyl groups is 3. The summed E-state index contributed by atoms with van der Waals surface area (Å²) >= 11 is 0. The van der Waals surface area contributed by atoms with Crippen LogP contribution in [0.1, 0.15) is 115 Å². The maximum absolute atomic E-state index is 14.8. The topological polar surface area (TPSA) is 694 Å². The fourth-order valence-electron chi connectivity index (χ4n) is 12.0. The minimum Gasteiger partial charge on any atom is -0.508 e. The van der Waals surface area contributed by atoms with Gasteiger partial charge >= 0.3 is 5.97 Å². The van der Waals surface area contributed by atoms with Crippen molar-refractivity contribution in [2.45, 2.75) is 202 Å². The van der Waals surface area contributed by atoms with Gasteiger partial charge in [-0.3, -0.25) is 72.1 Å². The summed E-state index contributed by atoms with van der Waals surface area (Å²) in [5.41, 5.74) is 35.6. The molecule has 1 heterocycles. The van der Waals surface area contributed by atoms with E-state index in [1.54, 1.807) is 74.5 Å². The molecule has 0 spiro atoms. The van der Waals surface area contributed by atoms with Crippen LogP contribution in [0.5, 0.6) is 5.75 Å². The van der Waals surface area contributed by atoms with Gasteiger partial charge in [-0.2, -0.15) is 0 Å². The van der Waals surface area contributed by atoms with E-state index in [0.29, 0.717) is 48.9 Å². The van der Waals surface area contributed by atoms with Crippen LogP contribution in [-0.4, -0.2) is 269 Å². The van der Waals surface area contributed by atoms with Gasteiger partial charge in [-0.15, -0.1) is 0 Å². The number of phenolic OH excluding ortho intramolecular Hbond substituents is 1. The molecule has 31 N–H and O–H groups in total. The Balaban J connectivity index is 1.84. The smallest absolute Gasteiger partial charge is 0.327 e. The number of nitrogens with two attached hydrogens (primary N) is 6. The van der Waals surface area contributed by atoms with Crippen LogP contribution in [0.15, 0.2) is 89.9 Å². The number of unbranched alkanes of at least 4 members (excludes halogenated alkanes) is 3. The van der Waals surface area contributed by atoms with E-state index >= 15 is 0 Å². The molecule has 3 aromatic rings. The van der Waals surface area contributed by atoms with E-state index in [9.17, 15) is 97.5 Å². The highest BCUT2D eigenvalue weighted by Crippen LogP contribution is 2.24. The van der Waals surface area contributed by atoms with Crippen LogP contribution in [-0.2, 0) is 91.2 Å². The number of aliphatic carboxylic acids is 1. The van der Waals surface area contributed by atoms with Crippen LogP contribution in [0.2, 0.25) is 0 Å². The predicted octanol–water partition coefficient (Wildman–Crippen LogP) is -6.87. The summed E-state index contributed by atoms with van der Waals surface area (Å²) in [5.74, 6) is -17.8. The first-order valence-electron chi connectivity index (χ1n) is 39.5. The summed E-state index contributed by atoms with van der Waals surface area (Å²) in [6, 6.07) is 1.00. The molecule has 1 fully saturated rings. The molecule has 0 saturated carbocycles. The quantitative estimate of drug-likeness (QED) is 0.0114. The lowest BCUT2D eigenvalue weighted by Gasteiger charge is -2.29. The van der Waals surface area contributed by atoms with Gasteiger partial charge in [0.15, 0.2) is 5.96 Å². The Morgan fingerprint density at radius 3 is 1.42 bits per heavy atom. The molecule has 14 amide bonds. The molecule has 0 bridgehead atoms. The zero-order valence-electron chi connectivity index (χ0n) is 67.5. The minimum atomic E-state index is -1.91. The molecule has 1 saturated heterocycles. The first kappa shape index (κ1) is 102. The van der Waals surface area contributed by atoms with Crippen LogP contribution in [0.25, 0.3) is 0 Å². The number of guanidine groups is 1. The lowest BCUT2D eigenvalue weighted by molar-refractivity contribution is -0.142. The summed E-state index contributed by atoms with van der Waals surface area (Å²) in [6.45, 7) is 1.12. The average Bonchev–Trinajstić information content (AvgIpc) is 0.862. The lowest BCUT2D eigenvalue weighted by Crippen LogP contribution is -2.62. The van der Waals surface area contributed by atoms with E-state index in [4.69, 9.17) is 34.4 Å². The van der Waals surface area contributed by atoms with Crippen molar-refractivity contribution in [2.75, 3.05) is 64.0 Å². The Kier molecular flexibility index (Phi) is 46.6. The molecule has 3 aromatic carbocycles. The number of amides is 14. The van der Waals surface area contributed by atoms with Gasteiger partial charge in [0.05, 0.1) is 38.4 Å². The van der Waals surface area contributed by atoms with Crippen LogP contribution >= 0.6 is 21.6 Å². The van der Waals surface area contributed by atoms with E-state index in [1.165, 1.54) is 24.3 Å².